The Morgan fingerprint density at radius 3 is 2.58 bits per heavy atom. The number of nitrogens with zero attached hydrogens (tertiary/aromatic N) is 2. The number of carbonyl (C=O) groups is 1. The number of halogens is 2. The number of urea groups is 1. The first-order chi connectivity index (χ1) is 12.5. The molecule has 3 rings (SSSR count). The molecule has 1 aromatic carbocycles. The van der Waals surface area contributed by atoms with Gasteiger partial charge in [-0.15, -0.1) is 0 Å². The van der Waals surface area contributed by atoms with E-state index >= 15 is 0 Å². The largest absolute Gasteiger partial charge is 0.495 e. The van der Waals surface area contributed by atoms with Crippen molar-refractivity contribution in [2.75, 3.05) is 25.5 Å². The SMILES string of the molecule is COc1ccc(Cl)cc1NC(=O)N1CCC(Oc2ccc(Cl)cn2)CC1. The van der Waals surface area contributed by atoms with Crippen LogP contribution in [0, 0.1) is 0 Å². The molecular weight excluding hydrogens is 377 g/mol. The number of pyridine rings is 1. The van der Waals surface area contributed by atoms with Crippen LogP contribution in [0.15, 0.2) is 36.5 Å². The molecule has 8 heteroatoms. The van der Waals surface area contributed by atoms with Gasteiger partial charge in [0.2, 0.25) is 5.88 Å². The van der Waals surface area contributed by atoms with Gasteiger partial charge in [0.15, 0.2) is 0 Å². The topological polar surface area (TPSA) is 63.7 Å². The van der Waals surface area contributed by atoms with Crippen molar-refractivity contribution in [1.29, 1.82) is 0 Å². The van der Waals surface area contributed by atoms with Gasteiger partial charge in [-0.25, -0.2) is 9.78 Å². The van der Waals surface area contributed by atoms with Crippen LogP contribution in [0.5, 0.6) is 11.6 Å². The van der Waals surface area contributed by atoms with Crippen LogP contribution in [-0.2, 0) is 0 Å². The maximum atomic E-state index is 12.5. The van der Waals surface area contributed by atoms with E-state index in [9.17, 15) is 4.79 Å². The van der Waals surface area contributed by atoms with Crippen molar-refractivity contribution < 1.29 is 14.3 Å². The lowest BCUT2D eigenvalue weighted by Crippen LogP contribution is -2.43. The van der Waals surface area contributed by atoms with E-state index in [2.05, 4.69) is 10.3 Å². The third-order valence-electron chi connectivity index (χ3n) is 4.12. The molecule has 0 aliphatic carbocycles. The Morgan fingerprint density at radius 2 is 1.92 bits per heavy atom. The molecule has 1 N–H and O–H groups in total. The van der Waals surface area contributed by atoms with Crippen molar-refractivity contribution in [3.8, 4) is 11.6 Å². The zero-order chi connectivity index (χ0) is 18.5. The molecule has 2 heterocycles. The second-order valence-corrected chi connectivity index (χ2v) is 6.77. The molecule has 0 spiro atoms. The first-order valence-corrected chi connectivity index (χ1v) is 8.98. The first-order valence-electron chi connectivity index (χ1n) is 8.23. The first kappa shape index (κ1) is 18.6. The highest BCUT2D eigenvalue weighted by Crippen LogP contribution is 2.28. The summed E-state index contributed by atoms with van der Waals surface area (Å²) in [5.74, 6) is 1.11. The lowest BCUT2D eigenvalue weighted by Gasteiger charge is -2.32. The van der Waals surface area contributed by atoms with Crippen LogP contribution < -0.4 is 14.8 Å². The number of methoxy groups -OCH3 is 1. The van der Waals surface area contributed by atoms with E-state index in [1.54, 1.807) is 48.5 Å². The summed E-state index contributed by atoms with van der Waals surface area (Å²) in [6.45, 7) is 1.18. The molecule has 0 unspecified atom stereocenters. The highest BCUT2D eigenvalue weighted by Gasteiger charge is 2.24. The Labute approximate surface area is 162 Å². The number of carbonyl (C=O) groups excluding carboxylic acids is 1. The van der Waals surface area contributed by atoms with E-state index in [1.165, 1.54) is 0 Å². The molecule has 2 aromatic rings. The molecule has 1 fully saturated rings. The summed E-state index contributed by atoms with van der Waals surface area (Å²) in [7, 11) is 1.55. The third-order valence-corrected chi connectivity index (χ3v) is 4.58. The van der Waals surface area contributed by atoms with E-state index in [0.29, 0.717) is 40.5 Å². The summed E-state index contributed by atoms with van der Waals surface area (Å²) in [6, 6.07) is 8.40. The van der Waals surface area contributed by atoms with Crippen molar-refractivity contribution >= 4 is 34.9 Å². The Bertz CT molecular complexity index is 763. The number of nitrogens with one attached hydrogen (secondary N) is 1. The molecule has 1 saturated heterocycles. The highest BCUT2D eigenvalue weighted by atomic mass is 35.5. The van der Waals surface area contributed by atoms with Gasteiger partial charge in [0, 0.05) is 43.2 Å². The van der Waals surface area contributed by atoms with Gasteiger partial charge < -0.3 is 19.7 Å². The van der Waals surface area contributed by atoms with Crippen molar-refractivity contribution in [3.63, 3.8) is 0 Å². The number of rotatable bonds is 4. The second-order valence-electron chi connectivity index (χ2n) is 5.89. The van der Waals surface area contributed by atoms with Crippen molar-refractivity contribution in [3.05, 3.63) is 46.6 Å². The molecule has 1 aliphatic heterocycles. The number of aromatic nitrogens is 1. The summed E-state index contributed by atoms with van der Waals surface area (Å²) in [5, 5.41) is 3.95. The minimum atomic E-state index is -0.186. The molecule has 6 nitrogen and oxygen atoms in total. The van der Waals surface area contributed by atoms with Gasteiger partial charge in [0.05, 0.1) is 17.8 Å². The summed E-state index contributed by atoms with van der Waals surface area (Å²) in [4.78, 5) is 18.4. The molecule has 0 radical (unpaired) electrons. The van der Waals surface area contributed by atoms with Crippen LogP contribution in [0.4, 0.5) is 10.5 Å². The van der Waals surface area contributed by atoms with Crippen LogP contribution in [-0.4, -0.2) is 42.2 Å². The monoisotopic (exact) mass is 395 g/mol. The smallest absolute Gasteiger partial charge is 0.321 e. The highest BCUT2D eigenvalue weighted by molar-refractivity contribution is 6.31. The quantitative estimate of drug-likeness (QED) is 0.828. The minimum Gasteiger partial charge on any atom is -0.495 e. The molecular formula is C18H19Cl2N3O3. The average Bonchev–Trinajstić information content (AvgIpc) is 2.64. The molecule has 2 amide bonds. The van der Waals surface area contributed by atoms with E-state index in [-0.39, 0.29) is 12.1 Å². The molecule has 1 aliphatic rings. The van der Waals surface area contributed by atoms with Crippen LogP contribution in [0.25, 0.3) is 0 Å². The Hall–Kier alpha value is -2.18. The van der Waals surface area contributed by atoms with Gasteiger partial charge in [0.1, 0.15) is 11.9 Å². The Kier molecular flexibility index (Phi) is 6.06. The number of ether oxygens (including phenoxy) is 2. The fourth-order valence-electron chi connectivity index (χ4n) is 2.75. The zero-order valence-electron chi connectivity index (χ0n) is 14.2. The number of likely N-dealkylation sites (tertiary alicyclic amines) is 1. The Morgan fingerprint density at radius 1 is 1.19 bits per heavy atom. The van der Waals surface area contributed by atoms with E-state index in [0.717, 1.165) is 12.8 Å². The Balaban J connectivity index is 1.53. The predicted octanol–water partition coefficient (Wildman–Crippen LogP) is 4.47. The minimum absolute atomic E-state index is 0.0217. The lowest BCUT2D eigenvalue weighted by molar-refractivity contribution is 0.111. The molecule has 0 saturated carbocycles. The average molecular weight is 396 g/mol. The summed E-state index contributed by atoms with van der Waals surface area (Å²) in [6.07, 6.45) is 3.03. The summed E-state index contributed by atoms with van der Waals surface area (Å²) < 4.78 is 11.1. The number of benzene rings is 1. The van der Waals surface area contributed by atoms with E-state index in [4.69, 9.17) is 32.7 Å². The number of hydrogen-bond donors (Lipinski definition) is 1. The number of hydrogen-bond acceptors (Lipinski definition) is 4. The fraction of sp³-hybridized carbons (Fsp3) is 0.333. The van der Waals surface area contributed by atoms with Crippen LogP contribution in [0.3, 0.4) is 0 Å². The van der Waals surface area contributed by atoms with E-state index in [1.807, 2.05) is 0 Å². The number of piperidine rings is 1. The van der Waals surface area contributed by atoms with Gasteiger partial charge in [-0.3, -0.25) is 0 Å². The third kappa shape index (κ3) is 4.71. The van der Waals surface area contributed by atoms with Crippen molar-refractivity contribution in [2.45, 2.75) is 18.9 Å². The zero-order valence-corrected chi connectivity index (χ0v) is 15.8. The lowest BCUT2D eigenvalue weighted by atomic mass is 10.1. The van der Waals surface area contributed by atoms with Crippen LogP contribution in [0.2, 0.25) is 10.0 Å². The predicted molar refractivity (Wildman–Crippen MR) is 101 cm³/mol. The van der Waals surface area contributed by atoms with Gasteiger partial charge in [-0.1, -0.05) is 23.2 Å². The number of amides is 2. The fourth-order valence-corrected chi connectivity index (χ4v) is 3.04. The standard InChI is InChI=1S/C18H19Cl2N3O3/c1-25-16-4-2-12(19)10-15(16)22-18(24)23-8-6-14(7-9-23)26-17-5-3-13(20)11-21-17/h2-5,10-11,14H,6-9H2,1H3,(H,22,24). The number of anilines is 1. The molecule has 0 atom stereocenters. The van der Waals surface area contributed by atoms with Gasteiger partial charge in [-0.2, -0.15) is 0 Å². The molecule has 1 aromatic heterocycles. The van der Waals surface area contributed by atoms with Crippen LogP contribution in [0.1, 0.15) is 12.8 Å². The van der Waals surface area contributed by atoms with Gasteiger partial charge >= 0.3 is 6.03 Å². The van der Waals surface area contributed by atoms with Gasteiger partial charge in [-0.05, 0) is 24.3 Å². The maximum Gasteiger partial charge on any atom is 0.321 e. The molecule has 138 valence electrons. The molecule has 0 bridgehead atoms. The van der Waals surface area contributed by atoms with Crippen LogP contribution >= 0.6 is 23.2 Å². The normalized spacial score (nSPS) is 14.8. The summed E-state index contributed by atoms with van der Waals surface area (Å²) in [5.41, 5.74) is 0.550. The van der Waals surface area contributed by atoms with Crippen molar-refractivity contribution in [2.24, 2.45) is 0 Å². The summed E-state index contributed by atoms with van der Waals surface area (Å²) >= 11 is 11.8. The van der Waals surface area contributed by atoms with E-state index < -0.39 is 0 Å². The maximum absolute atomic E-state index is 12.5. The van der Waals surface area contributed by atoms with Gasteiger partial charge in [0.25, 0.3) is 0 Å². The molecule has 26 heavy (non-hydrogen) atoms. The van der Waals surface area contributed by atoms with Crippen molar-refractivity contribution in [1.82, 2.24) is 9.88 Å². The second kappa shape index (κ2) is 8.47.